The van der Waals surface area contributed by atoms with Gasteiger partial charge in [0.1, 0.15) is 0 Å². The number of carbonyl (C=O) groups excluding carboxylic acids is 1. The number of nitrogens with one attached hydrogen (secondary N) is 1. The van der Waals surface area contributed by atoms with Gasteiger partial charge >= 0.3 is 12.0 Å². The van der Waals surface area contributed by atoms with Gasteiger partial charge in [-0.05, 0) is 55.8 Å². The van der Waals surface area contributed by atoms with Gasteiger partial charge in [0.25, 0.3) is 0 Å². The Morgan fingerprint density at radius 2 is 2.05 bits per heavy atom. The smallest absolute Gasteiger partial charge is 0.317 e. The van der Waals surface area contributed by atoms with E-state index in [0.29, 0.717) is 18.3 Å². The molecule has 2 saturated carbocycles. The van der Waals surface area contributed by atoms with Crippen LogP contribution < -0.4 is 5.32 Å². The van der Waals surface area contributed by atoms with E-state index in [2.05, 4.69) is 5.32 Å². The van der Waals surface area contributed by atoms with Gasteiger partial charge in [0.15, 0.2) is 0 Å². The number of fused-ring (bicyclic) bond motifs is 2. The Kier molecular flexibility index (Phi) is 4.36. The van der Waals surface area contributed by atoms with E-state index in [1.54, 1.807) is 0 Å². The molecule has 0 spiro atoms. The number of carbonyl (C=O) groups is 2. The molecule has 2 amide bonds. The quantitative estimate of drug-likeness (QED) is 0.817. The topological polar surface area (TPSA) is 69.6 Å². The zero-order valence-corrected chi connectivity index (χ0v) is 12.6. The monoisotopic (exact) mass is 294 g/mol. The third-order valence-corrected chi connectivity index (χ3v) is 5.74. The van der Waals surface area contributed by atoms with Crippen LogP contribution >= 0.6 is 0 Å². The van der Waals surface area contributed by atoms with Gasteiger partial charge in [-0.15, -0.1) is 0 Å². The molecule has 4 atom stereocenters. The van der Waals surface area contributed by atoms with Crippen molar-refractivity contribution in [3.8, 4) is 0 Å². The van der Waals surface area contributed by atoms with Gasteiger partial charge in [0.05, 0.1) is 0 Å². The van der Waals surface area contributed by atoms with Crippen LogP contribution in [-0.2, 0) is 4.79 Å². The number of hydrogen-bond donors (Lipinski definition) is 2. The van der Waals surface area contributed by atoms with Crippen LogP contribution in [0, 0.1) is 23.7 Å². The van der Waals surface area contributed by atoms with E-state index >= 15 is 0 Å². The molecule has 3 aliphatic rings. The second kappa shape index (κ2) is 6.24. The lowest BCUT2D eigenvalue weighted by atomic mass is 9.89. The predicted molar refractivity (Wildman–Crippen MR) is 78.9 cm³/mol. The lowest BCUT2D eigenvalue weighted by molar-refractivity contribution is -0.137. The number of rotatable bonds is 5. The lowest BCUT2D eigenvalue weighted by Gasteiger charge is -2.24. The predicted octanol–water partition coefficient (Wildman–Crippen LogP) is 2.32. The summed E-state index contributed by atoms with van der Waals surface area (Å²) in [4.78, 5) is 24.6. The minimum atomic E-state index is -0.741. The molecule has 3 rings (SSSR count). The van der Waals surface area contributed by atoms with Crippen LogP contribution in [0.1, 0.15) is 44.9 Å². The SMILES string of the molecule is O=C(O)CCC1CCN(C(=O)NCC2CC3CCC2C3)C1. The van der Waals surface area contributed by atoms with Crippen LogP contribution in [0.3, 0.4) is 0 Å². The fourth-order valence-corrected chi connectivity index (χ4v) is 4.54. The summed E-state index contributed by atoms with van der Waals surface area (Å²) in [6, 6.07) is 0.0515. The molecule has 2 bridgehead atoms. The lowest BCUT2D eigenvalue weighted by Crippen LogP contribution is -2.41. The van der Waals surface area contributed by atoms with Gasteiger partial charge in [-0.2, -0.15) is 0 Å². The van der Waals surface area contributed by atoms with Crippen molar-refractivity contribution in [1.29, 1.82) is 0 Å². The summed E-state index contributed by atoms with van der Waals surface area (Å²) in [6.07, 6.45) is 7.26. The molecule has 118 valence electrons. The van der Waals surface area contributed by atoms with Crippen LogP contribution in [0.25, 0.3) is 0 Å². The number of aliphatic carboxylic acids is 1. The molecule has 2 N–H and O–H groups in total. The van der Waals surface area contributed by atoms with Crippen molar-refractivity contribution in [2.24, 2.45) is 23.7 Å². The normalized spacial score (nSPS) is 34.4. The maximum Gasteiger partial charge on any atom is 0.317 e. The molecule has 5 nitrogen and oxygen atoms in total. The fourth-order valence-electron chi connectivity index (χ4n) is 4.54. The Hall–Kier alpha value is -1.26. The molecule has 0 radical (unpaired) electrons. The summed E-state index contributed by atoms with van der Waals surface area (Å²) in [5.41, 5.74) is 0. The van der Waals surface area contributed by atoms with Crippen LogP contribution in [0.5, 0.6) is 0 Å². The zero-order valence-electron chi connectivity index (χ0n) is 12.6. The van der Waals surface area contributed by atoms with E-state index in [0.717, 1.165) is 37.9 Å². The summed E-state index contributed by atoms with van der Waals surface area (Å²) >= 11 is 0. The van der Waals surface area contributed by atoms with Crippen LogP contribution in [0.4, 0.5) is 4.79 Å². The minimum Gasteiger partial charge on any atom is -0.481 e. The fraction of sp³-hybridized carbons (Fsp3) is 0.875. The highest BCUT2D eigenvalue weighted by Crippen LogP contribution is 2.47. The Labute approximate surface area is 126 Å². The summed E-state index contributed by atoms with van der Waals surface area (Å²) in [5, 5.41) is 11.8. The van der Waals surface area contributed by atoms with Gasteiger partial charge in [-0.1, -0.05) is 6.42 Å². The van der Waals surface area contributed by atoms with E-state index in [1.807, 2.05) is 4.90 Å². The number of likely N-dealkylation sites (tertiary alicyclic amines) is 1. The summed E-state index contributed by atoms with van der Waals surface area (Å²) in [6.45, 7) is 2.32. The van der Waals surface area contributed by atoms with Crippen molar-refractivity contribution in [3.63, 3.8) is 0 Å². The molecule has 4 unspecified atom stereocenters. The molecule has 1 saturated heterocycles. The molecule has 1 heterocycles. The molecule has 0 aromatic rings. The summed E-state index contributed by atoms with van der Waals surface area (Å²) in [7, 11) is 0. The average molecular weight is 294 g/mol. The van der Waals surface area contributed by atoms with Crippen LogP contribution in [0.2, 0.25) is 0 Å². The highest BCUT2D eigenvalue weighted by atomic mass is 16.4. The summed E-state index contributed by atoms with van der Waals surface area (Å²) in [5.74, 6) is 2.07. The van der Waals surface area contributed by atoms with Crippen molar-refractivity contribution < 1.29 is 14.7 Å². The van der Waals surface area contributed by atoms with Gasteiger partial charge in [-0.25, -0.2) is 4.79 Å². The minimum absolute atomic E-state index is 0.0515. The second-order valence-corrected chi connectivity index (χ2v) is 7.15. The van der Waals surface area contributed by atoms with E-state index in [4.69, 9.17) is 5.11 Å². The highest BCUT2D eigenvalue weighted by molar-refractivity contribution is 5.74. The maximum atomic E-state index is 12.2. The Morgan fingerprint density at radius 1 is 1.19 bits per heavy atom. The maximum absolute atomic E-state index is 12.2. The zero-order chi connectivity index (χ0) is 14.8. The van der Waals surface area contributed by atoms with Crippen molar-refractivity contribution in [3.05, 3.63) is 0 Å². The van der Waals surface area contributed by atoms with Crippen molar-refractivity contribution in [2.45, 2.75) is 44.9 Å². The van der Waals surface area contributed by atoms with Crippen molar-refractivity contribution in [1.82, 2.24) is 10.2 Å². The van der Waals surface area contributed by atoms with E-state index in [1.165, 1.54) is 25.7 Å². The average Bonchev–Trinajstić information content (AvgIpc) is 3.18. The third-order valence-electron chi connectivity index (χ3n) is 5.74. The number of urea groups is 1. The Morgan fingerprint density at radius 3 is 2.71 bits per heavy atom. The number of amides is 2. The third kappa shape index (κ3) is 3.50. The second-order valence-electron chi connectivity index (χ2n) is 7.15. The van der Waals surface area contributed by atoms with Gasteiger partial charge in [0, 0.05) is 26.1 Å². The standard InChI is InChI=1S/C16H26N2O3/c19-15(20)4-2-11-5-6-18(10-11)16(21)17-9-14-8-12-1-3-13(14)7-12/h11-14H,1-10H2,(H,17,21)(H,19,20). The number of carboxylic acid groups (broad SMARTS) is 1. The van der Waals surface area contributed by atoms with Crippen molar-refractivity contribution in [2.75, 3.05) is 19.6 Å². The first kappa shape index (κ1) is 14.7. The molecule has 21 heavy (non-hydrogen) atoms. The van der Waals surface area contributed by atoms with Crippen LogP contribution in [0.15, 0.2) is 0 Å². The number of hydrogen-bond acceptors (Lipinski definition) is 2. The molecule has 1 aliphatic heterocycles. The molecule has 5 heteroatoms. The van der Waals surface area contributed by atoms with E-state index < -0.39 is 5.97 Å². The molecule has 0 aromatic carbocycles. The molecule has 0 aromatic heterocycles. The Balaban J connectivity index is 1.37. The Bertz CT molecular complexity index is 412. The van der Waals surface area contributed by atoms with Crippen molar-refractivity contribution >= 4 is 12.0 Å². The highest BCUT2D eigenvalue weighted by Gasteiger charge is 2.39. The van der Waals surface area contributed by atoms with E-state index in [-0.39, 0.29) is 12.5 Å². The first-order valence-electron chi connectivity index (χ1n) is 8.36. The van der Waals surface area contributed by atoms with Gasteiger partial charge in [0.2, 0.25) is 0 Å². The number of carboxylic acids is 1. The molecule has 3 fully saturated rings. The van der Waals surface area contributed by atoms with Gasteiger partial charge < -0.3 is 15.3 Å². The number of nitrogens with zero attached hydrogens (tertiary/aromatic N) is 1. The largest absolute Gasteiger partial charge is 0.481 e. The van der Waals surface area contributed by atoms with Crippen LogP contribution in [-0.4, -0.2) is 41.6 Å². The van der Waals surface area contributed by atoms with E-state index in [9.17, 15) is 9.59 Å². The molecular formula is C16H26N2O3. The summed E-state index contributed by atoms with van der Waals surface area (Å²) < 4.78 is 0. The molecular weight excluding hydrogens is 268 g/mol. The first-order valence-corrected chi connectivity index (χ1v) is 8.36. The first-order chi connectivity index (χ1) is 10.1. The molecule has 2 aliphatic carbocycles. The van der Waals surface area contributed by atoms with Gasteiger partial charge in [-0.3, -0.25) is 4.79 Å².